The van der Waals surface area contributed by atoms with Crippen LogP contribution in [0.15, 0.2) is 24.5 Å². The van der Waals surface area contributed by atoms with Crippen molar-refractivity contribution >= 4 is 17.1 Å². The van der Waals surface area contributed by atoms with Gasteiger partial charge in [0.2, 0.25) is 0 Å². The van der Waals surface area contributed by atoms with Gasteiger partial charge in [0.05, 0.1) is 35.5 Å². The van der Waals surface area contributed by atoms with E-state index in [-0.39, 0.29) is 11.7 Å². The van der Waals surface area contributed by atoms with E-state index in [1.54, 1.807) is 0 Å². The first-order valence-corrected chi connectivity index (χ1v) is 11.4. The van der Waals surface area contributed by atoms with Gasteiger partial charge in [0.25, 0.3) is 0 Å². The lowest BCUT2D eigenvalue weighted by Gasteiger charge is -2.36. The number of benzene rings is 1. The van der Waals surface area contributed by atoms with E-state index in [4.69, 9.17) is 4.74 Å². The van der Waals surface area contributed by atoms with Crippen LogP contribution in [0.4, 0.5) is 4.79 Å². The molecule has 3 unspecified atom stereocenters. The SMILES string of the molecule is CCCC(CC)CN1CC2(CCCC(Cn3cnc4ccc(C#N)cc43)C2)OC1=O. The Bertz CT molecular complexity index is 946. The normalized spacial score (nSPS) is 24.9. The minimum absolute atomic E-state index is 0.128. The Labute approximate surface area is 178 Å². The van der Waals surface area contributed by atoms with Gasteiger partial charge in [0, 0.05) is 13.1 Å². The molecular weight excluding hydrogens is 376 g/mol. The van der Waals surface area contributed by atoms with Gasteiger partial charge in [0.1, 0.15) is 5.60 Å². The summed E-state index contributed by atoms with van der Waals surface area (Å²) in [5, 5.41) is 9.22. The number of nitrogens with zero attached hydrogens (tertiary/aromatic N) is 4. The molecule has 4 rings (SSSR count). The largest absolute Gasteiger partial charge is 0.441 e. The van der Waals surface area contributed by atoms with E-state index >= 15 is 0 Å². The summed E-state index contributed by atoms with van der Waals surface area (Å²) in [5.74, 6) is 0.996. The summed E-state index contributed by atoms with van der Waals surface area (Å²) >= 11 is 0. The van der Waals surface area contributed by atoms with Crippen LogP contribution in [-0.4, -0.2) is 39.2 Å². The van der Waals surface area contributed by atoms with E-state index in [0.717, 1.165) is 75.6 Å². The van der Waals surface area contributed by atoms with E-state index in [1.165, 1.54) is 0 Å². The first kappa shape index (κ1) is 20.7. The maximum absolute atomic E-state index is 12.6. The van der Waals surface area contributed by atoms with Gasteiger partial charge in [-0.05, 0) is 62.1 Å². The third kappa shape index (κ3) is 4.16. The second-order valence-electron chi connectivity index (χ2n) is 9.17. The van der Waals surface area contributed by atoms with E-state index in [1.807, 2.05) is 29.4 Å². The van der Waals surface area contributed by atoms with Crippen LogP contribution in [0.2, 0.25) is 0 Å². The van der Waals surface area contributed by atoms with Crippen molar-refractivity contribution in [2.24, 2.45) is 11.8 Å². The molecule has 6 heteroatoms. The summed E-state index contributed by atoms with van der Waals surface area (Å²) in [4.78, 5) is 19.1. The molecule has 2 heterocycles. The average Bonchev–Trinajstić information content (AvgIpc) is 3.27. The molecule has 1 amide bonds. The number of nitriles is 1. The third-order valence-corrected chi connectivity index (χ3v) is 6.90. The highest BCUT2D eigenvalue weighted by atomic mass is 16.6. The van der Waals surface area contributed by atoms with Crippen LogP contribution < -0.4 is 0 Å². The van der Waals surface area contributed by atoms with Crippen molar-refractivity contribution in [3.05, 3.63) is 30.1 Å². The molecule has 0 radical (unpaired) electrons. The lowest BCUT2D eigenvalue weighted by atomic mass is 9.78. The maximum Gasteiger partial charge on any atom is 0.410 e. The van der Waals surface area contributed by atoms with Crippen molar-refractivity contribution < 1.29 is 9.53 Å². The molecule has 30 heavy (non-hydrogen) atoms. The molecule has 1 saturated heterocycles. The number of fused-ring (bicyclic) bond motifs is 1. The average molecular weight is 409 g/mol. The highest BCUT2D eigenvalue weighted by molar-refractivity contribution is 5.77. The topological polar surface area (TPSA) is 71.2 Å². The van der Waals surface area contributed by atoms with Crippen LogP contribution >= 0.6 is 0 Å². The zero-order valence-electron chi connectivity index (χ0n) is 18.1. The molecule has 160 valence electrons. The van der Waals surface area contributed by atoms with Gasteiger partial charge < -0.3 is 14.2 Å². The van der Waals surface area contributed by atoms with Crippen molar-refractivity contribution in [1.29, 1.82) is 5.26 Å². The van der Waals surface area contributed by atoms with Crippen LogP contribution in [0.1, 0.15) is 64.4 Å². The summed E-state index contributed by atoms with van der Waals surface area (Å²) in [6.45, 7) is 6.81. The Kier molecular flexibility index (Phi) is 5.99. The fraction of sp³-hybridized carbons (Fsp3) is 0.625. The van der Waals surface area contributed by atoms with Gasteiger partial charge in [-0.15, -0.1) is 0 Å². The third-order valence-electron chi connectivity index (χ3n) is 6.90. The number of amides is 1. The fourth-order valence-corrected chi connectivity index (χ4v) is 5.36. The number of carbonyl (C=O) groups is 1. The molecule has 1 spiro atoms. The summed E-state index contributed by atoms with van der Waals surface area (Å²) in [7, 11) is 0. The van der Waals surface area contributed by atoms with E-state index in [9.17, 15) is 10.1 Å². The van der Waals surface area contributed by atoms with Gasteiger partial charge in [-0.1, -0.05) is 26.7 Å². The Morgan fingerprint density at radius 1 is 1.40 bits per heavy atom. The summed E-state index contributed by atoms with van der Waals surface area (Å²) < 4.78 is 8.17. The van der Waals surface area contributed by atoms with Crippen LogP contribution in [0.5, 0.6) is 0 Å². The van der Waals surface area contributed by atoms with Crippen LogP contribution in [0.3, 0.4) is 0 Å². The van der Waals surface area contributed by atoms with Crippen molar-refractivity contribution in [2.75, 3.05) is 13.1 Å². The minimum Gasteiger partial charge on any atom is -0.441 e. The predicted molar refractivity (Wildman–Crippen MR) is 116 cm³/mol. The van der Waals surface area contributed by atoms with Crippen LogP contribution in [0, 0.1) is 23.2 Å². The summed E-state index contributed by atoms with van der Waals surface area (Å²) in [6.07, 6.45) is 9.23. The molecule has 0 N–H and O–H groups in total. The first-order valence-electron chi connectivity index (χ1n) is 11.4. The number of carbonyl (C=O) groups excluding carboxylic acids is 1. The van der Waals surface area contributed by atoms with Crippen LogP contribution in [0.25, 0.3) is 11.0 Å². The number of imidazole rings is 1. The molecule has 6 nitrogen and oxygen atoms in total. The number of ether oxygens (including phenoxy) is 1. The zero-order valence-corrected chi connectivity index (χ0v) is 18.1. The Balaban J connectivity index is 1.45. The molecule has 3 atom stereocenters. The van der Waals surface area contributed by atoms with Gasteiger partial charge in [0.15, 0.2) is 0 Å². The van der Waals surface area contributed by atoms with Gasteiger partial charge in [-0.3, -0.25) is 0 Å². The summed E-state index contributed by atoms with van der Waals surface area (Å²) in [6, 6.07) is 7.84. The molecule has 1 aliphatic heterocycles. The van der Waals surface area contributed by atoms with Crippen molar-refractivity contribution in [2.45, 2.75) is 70.9 Å². The minimum atomic E-state index is -0.335. The zero-order chi connectivity index (χ0) is 21.1. The number of hydrogen-bond acceptors (Lipinski definition) is 4. The van der Waals surface area contributed by atoms with Crippen molar-refractivity contribution in [3.8, 4) is 6.07 Å². The van der Waals surface area contributed by atoms with E-state index < -0.39 is 0 Å². The van der Waals surface area contributed by atoms with Crippen molar-refractivity contribution in [1.82, 2.24) is 14.5 Å². The molecule has 2 fully saturated rings. The first-order chi connectivity index (χ1) is 14.6. The van der Waals surface area contributed by atoms with Crippen molar-refractivity contribution in [3.63, 3.8) is 0 Å². The number of aromatic nitrogens is 2. The van der Waals surface area contributed by atoms with E-state index in [0.29, 0.717) is 17.4 Å². The second-order valence-corrected chi connectivity index (χ2v) is 9.17. The Hall–Kier alpha value is -2.55. The highest BCUT2D eigenvalue weighted by Gasteiger charge is 2.48. The molecule has 2 aromatic rings. The number of hydrogen-bond donors (Lipinski definition) is 0. The fourth-order valence-electron chi connectivity index (χ4n) is 5.36. The maximum atomic E-state index is 12.6. The van der Waals surface area contributed by atoms with Gasteiger partial charge in [-0.2, -0.15) is 5.26 Å². The lowest BCUT2D eigenvalue weighted by molar-refractivity contribution is 0.00414. The molecule has 2 aliphatic rings. The molecule has 0 bridgehead atoms. The predicted octanol–water partition coefficient (Wildman–Crippen LogP) is 5.12. The molecule has 1 aromatic heterocycles. The monoisotopic (exact) mass is 408 g/mol. The Morgan fingerprint density at radius 2 is 2.27 bits per heavy atom. The lowest BCUT2D eigenvalue weighted by Crippen LogP contribution is -2.41. The van der Waals surface area contributed by atoms with Crippen LogP contribution in [-0.2, 0) is 11.3 Å². The highest BCUT2D eigenvalue weighted by Crippen LogP contribution is 2.41. The van der Waals surface area contributed by atoms with Gasteiger partial charge >= 0.3 is 6.09 Å². The molecule has 1 aliphatic carbocycles. The van der Waals surface area contributed by atoms with E-state index in [2.05, 4.69) is 29.5 Å². The standard InChI is InChI=1S/C24H32N4O2/c1-3-6-18(4-2)14-27-16-24(30-23(27)29)10-5-7-20(12-24)15-28-17-26-21-9-8-19(13-25)11-22(21)28/h8-9,11,17-18,20H,3-7,10,12,14-16H2,1-2H3. The molecule has 1 aromatic carbocycles. The smallest absolute Gasteiger partial charge is 0.410 e. The van der Waals surface area contributed by atoms with Gasteiger partial charge in [-0.25, -0.2) is 9.78 Å². The summed E-state index contributed by atoms with van der Waals surface area (Å²) in [5.41, 5.74) is 2.24. The molecule has 1 saturated carbocycles. The quantitative estimate of drug-likeness (QED) is 0.638. The number of rotatable bonds is 7. The second kappa shape index (κ2) is 8.67. The molecular formula is C24H32N4O2. The Morgan fingerprint density at radius 3 is 3.03 bits per heavy atom.